The fourth-order valence-corrected chi connectivity index (χ4v) is 3.55. The Morgan fingerprint density at radius 2 is 1.74 bits per heavy atom. The molecular formula is C23H34N4O3S. The second-order valence-corrected chi connectivity index (χ2v) is 9.05. The maximum absolute atomic E-state index is 11.4. The monoisotopic (exact) mass is 446 g/mol. The van der Waals surface area contributed by atoms with Crippen LogP contribution in [0.1, 0.15) is 49.3 Å². The quantitative estimate of drug-likeness (QED) is 0.278. The Morgan fingerprint density at radius 1 is 1.03 bits per heavy atom. The molecule has 170 valence electrons. The molecule has 0 aliphatic carbocycles. The van der Waals surface area contributed by atoms with E-state index in [4.69, 9.17) is 9.88 Å². The number of sulfonamides is 1. The number of guanidine groups is 1. The average Bonchev–Trinajstić information content (AvgIpc) is 2.74. The van der Waals surface area contributed by atoms with Gasteiger partial charge in [0.25, 0.3) is 0 Å². The standard InChI is InChI=1S/C23H34N4O3S/c1-4-5-6-7-14-30-22-15-18(2)8-11-20(22)17-27-23(25-3)26-16-19-9-12-21(13-10-19)31(24,28)29/h8-13,15H,4-7,14,16-17H2,1-3H3,(H2,24,28,29)(H2,25,26,27). The van der Waals surface area contributed by atoms with Gasteiger partial charge >= 0.3 is 0 Å². The smallest absolute Gasteiger partial charge is 0.238 e. The molecule has 4 N–H and O–H groups in total. The summed E-state index contributed by atoms with van der Waals surface area (Å²) in [5.41, 5.74) is 3.15. The van der Waals surface area contributed by atoms with Crippen molar-refractivity contribution in [1.82, 2.24) is 10.6 Å². The molecule has 0 aromatic heterocycles. The molecule has 0 saturated heterocycles. The van der Waals surface area contributed by atoms with Crippen molar-refractivity contribution in [3.8, 4) is 5.75 Å². The summed E-state index contributed by atoms with van der Waals surface area (Å²) in [6, 6.07) is 12.7. The van der Waals surface area contributed by atoms with Gasteiger partial charge in [0.05, 0.1) is 11.5 Å². The fraction of sp³-hybridized carbons (Fsp3) is 0.435. The summed E-state index contributed by atoms with van der Waals surface area (Å²) in [6.07, 6.45) is 4.69. The summed E-state index contributed by atoms with van der Waals surface area (Å²) >= 11 is 0. The van der Waals surface area contributed by atoms with E-state index in [0.717, 1.165) is 35.5 Å². The number of aryl methyl sites for hydroxylation is 1. The normalized spacial score (nSPS) is 11.9. The highest BCUT2D eigenvalue weighted by molar-refractivity contribution is 7.89. The zero-order chi connectivity index (χ0) is 22.7. The van der Waals surface area contributed by atoms with Gasteiger partial charge in [-0.1, -0.05) is 50.5 Å². The van der Waals surface area contributed by atoms with Crippen LogP contribution in [0.4, 0.5) is 0 Å². The first-order valence-corrected chi connectivity index (χ1v) is 12.2. The van der Waals surface area contributed by atoms with E-state index in [2.05, 4.69) is 47.7 Å². The number of hydrogen-bond donors (Lipinski definition) is 3. The Bertz CT molecular complexity index is 957. The van der Waals surface area contributed by atoms with Crippen LogP contribution in [-0.2, 0) is 23.1 Å². The maximum atomic E-state index is 11.4. The second kappa shape index (κ2) is 12.3. The van der Waals surface area contributed by atoms with E-state index in [9.17, 15) is 8.42 Å². The van der Waals surface area contributed by atoms with Crippen LogP contribution in [0, 0.1) is 6.92 Å². The van der Waals surface area contributed by atoms with Crippen LogP contribution in [0.3, 0.4) is 0 Å². The van der Waals surface area contributed by atoms with Gasteiger partial charge in [0.1, 0.15) is 5.75 Å². The molecule has 8 heteroatoms. The summed E-state index contributed by atoms with van der Waals surface area (Å²) in [4.78, 5) is 4.35. The summed E-state index contributed by atoms with van der Waals surface area (Å²) in [5.74, 6) is 1.54. The molecule has 0 radical (unpaired) electrons. The zero-order valence-electron chi connectivity index (χ0n) is 18.6. The highest BCUT2D eigenvalue weighted by atomic mass is 32.2. The number of aliphatic imine (C=N–C) groups is 1. The summed E-state index contributed by atoms with van der Waals surface area (Å²) in [7, 11) is -1.97. The van der Waals surface area contributed by atoms with E-state index in [1.807, 2.05) is 0 Å². The van der Waals surface area contributed by atoms with Gasteiger partial charge in [-0.3, -0.25) is 4.99 Å². The summed E-state index contributed by atoms with van der Waals surface area (Å²) in [5, 5.41) is 11.7. The molecule has 2 rings (SSSR count). The molecule has 0 unspecified atom stereocenters. The first-order chi connectivity index (χ1) is 14.8. The van der Waals surface area contributed by atoms with Gasteiger partial charge < -0.3 is 15.4 Å². The number of nitrogens with two attached hydrogens (primary N) is 1. The minimum absolute atomic E-state index is 0.0975. The number of nitrogens with zero attached hydrogens (tertiary/aromatic N) is 1. The fourth-order valence-electron chi connectivity index (χ4n) is 3.04. The van der Waals surface area contributed by atoms with Gasteiger partial charge in [-0.2, -0.15) is 0 Å². The molecule has 31 heavy (non-hydrogen) atoms. The van der Waals surface area contributed by atoms with Crippen molar-refractivity contribution in [3.63, 3.8) is 0 Å². The van der Waals surface area contributed by atoms with E-state index in [1.165, 1.54) is 31.4 Å². The number of rotatable bonds is 11. The van der Waals surface area contributed by atoms with Crippen LogP contribution in [0.15, 0.2) is 52.4 Å². The molecule has 0 atom stereocenters. The summed E-state index contributed by atoms with van der Waals surface area (Å²) in [6.45, 7) is 6.06. The van der Waals surface area contributed by atoms with Crippen LogP contribution in [0.5, 0.6) is 5.75 Å². The van der Waals surface area contributed by atoms with E-state index < -0.39 is 10.0 Å². The number of unbranched alkanes of at least 4 members (excludes halogenated alkanes) is 3. The predicted octanol–water partition coefficient (Wildman–Crippen LogP) is 3.47. The Balaban J connectivity index is 1.90. The van der Waals surface area contributed by atoms with Crippen molar-refractivity contribution >= 4 is 16.0 Å². The molecule has 0 aliphatic heterocycles. The predicted molar refractivity (Wildman–Crippen MR) is 126 cm³/mol. The Kier molecular flexibility index (Phi) is 9.81. The topological polar surface area (TPSA) is 106 Å². The van der Waals surface area contributed by atoms with Gasteiger partial charge in [-0.15, -0.1) is 0 Å². The lowest BCUT2D eigenvalue weighted by atomic mass is 10.1. The first-order valence-electron chi connectivity index (χ1n) is 10.6. The van der Waals surface area contributed by atoms with Crippen LogP contribution in [0.2, 0.25) is 0 Å². The van der Waals surface area contributed by atoms with Crippen molar-refractivity contribution in [2.24, 2.45) is 10.1 Å². The van der Waals surface area contributed by atoms with Gasteiger partial charge in [0, 0.05) is 25.7 Å². The third kappa shape index (κ3) is 8.59. The number of benzene rings is 2. The Morgan fingerprint density at radius 3 is 2.39 bits per heavy atom. The lowest BCUT2D eigenvalue weighted by molar-refractivity contribution is 0.301. The van der Waals surface area contributed by atoms with Crippen molar-refractivity contribution in [3.05, 3.63) is 59.2 Å². The van der Waals surface area contributed by atoms with E-state index in [1.54, 1.807) is 19.2 Å². The van der Waals surface area contributed by atoms with Gasteiger partial charge in [-0.05, 0) is 42.7 Å². The first kappa shape index (κ1) is 24.7. The number of primary sulfonamides is 1. The highest BCUT2D eigenvalue weighted by Gasteiger charge is 2.08. The van der Waals surface area contributed by atoms with Crippen LogP contribution in [0.25, 0.3) is 0 Å². The van der Waals surface area contributed by atoms with Gasteiger partial charge in [0.15, 0.2) is 5.96 Å². The Hall–Kier alpha value is -2.58. The minimum Gasteiger partial charge on any atom is -0.493 e. The van der Waals surface area contributed by atoms with Crippen LogP contribution < -0.4 is 20.5 Å². The van der Waals surface area contributed by atoms with E-state index >= 15 is 0 Å². The molecule has 2 aromatic rings. The average molecular weight is 447 g/mol. The molecule has 0 heterocycles. The molecular weight excluding hydrogens is 412 g/mol. The third-order valence-corrected chi connectivity index (χ3v) is 5.79. The van der Waals surface area contributed by atoms with Crippen molar-refractivity contribution < 1.29 is 13.2 Å². The highest BCUT2D eigenvalue weighted by Crippen LogP contribution is 2.21. The molecule has 2 aromatic carbocycles. The van der Waals surface area contributed by atoms with E-state index in [-0.39, 0.29) is 4.90 Å². The van der Waals surface area contributed by atoms with Crippen LogP contribution >= 0.6 is 0 Å². The van der Waals surface area contributed by atoms with Crippen molar-refractivity contribution in [2.75, 3.05) is 13.7 Å². The molecule has 0 bridgehead atoms. The van der Waals surface area contributed by atoms with Gasteiger partial charge in [-0.25, -0.2) is 13.6 Å². The summed E-state index contributed by atoms with van der Waals surface area (Å²) < 4.78 is 28.8. The van der Waals surface area contributed by atoms with E-state index in [0.29, 0.717) is 19.0 Å². The zero-order valence-corrected chi connectivity index (χ0v) is 19.5. The molecule has 0 spiro atoms. The van der Waals surface area contributed by atoms with Crippen molar-refractivity contribution in [1.29, 1.82) is 0 Å². The number of hydrogen-bond acceptors (Lipinski definition) is 4. The Labute approximate surface area is 186 Å². The largest absolute Gasteiger partial charge is 0.493 e. The third-order valence-electron chi connectivity index (χ3n) is 4.86. The van der Waals surface area contributed by atoms with Crippen LogP contribution in [-0.4, -0.2) is 28.0 Å². The molecule has 0 amide bonds. The van der Waals surface area contributed by atoms with Crippen molar-refractivity contribution in [2.45, 2.75) is 57.5 Å². The second-order valence-electron chi connectivity index (χ2n) is 7.49. The minimum atomic E-state index is -3.68. The molecule has 0 fully saturated rings. The molecule has 0 aliphatic rings. The number of nitrogens with one attached hydrogen (secondary N) is 2. The molecule has 7 nitrogen and oxygen atoms in total. The SMILES string of the molecule is CCCCCCOc1cc(C)ccc1CNC(=NC)NCc1ccc(S(N)(=O)=O)cc1. The lowest BCUT2D eigenvalue weighted by Gasteiger charge is -2.16. The lowest BCUT2D eigenvalue weighted by Crippen LogP contribution is -2.36. The van der Waals surface area contributed by atoms with Gasteiger partial charge in [0.2, 0.25) is 10.0 Å². The maximum Gasteiger partial charge on any atom is 0.238 e. The number of ether oxygens (including phenoxy) is 1. The molecule has 0 saturated carbocycles.